The minimum absolute atomic E-state index is 0.0877. The number of phenolic OH excluding ortho intramolecular Hbond substituents is 2. The Morgan fingerprint density at radius 2 is 1.81 bits per heavy atom. The van der Waals surface area contributed by atoms with Crippen LogP contribution in [0.25, 0.3) is 0 Å². The highest BCUT2D eigenvalue weighted by Gasteiger charge is 2.15. The Balaban J connectivity index is 2.51. The highest BCUT2D eigenvalue weighted by atomic mass is 79.9. The molecule has 110 valence electrons. The average Bonchev–Trinajstić information content (AvgIpc) is 2.45. The molecule has 0 radical (unpaired) electrons. The topological polar surface area (TPSA) is 52.8 Å². The van der Waals surface area contributed by atoms with Crippen molar-refractivity contribution in [1.29, 1.82) is 0 Å². The Labute approximate surface area is 137 Å². The van der Waals surface area contributed by atoms with E-state index >= 15 is 0 Å². The second-order valence-electron chi connectivity index (χ2n) is 4.89. The van der Waals surface area contributed by atoms with Crippen LogP contribution in [0, 0.1) is 20.8 Å². The van der Waals surface area contributed by atoms with Gasteiger partial charge in [0.2, 0.25) is 0 Å². The number of aromatic hydroxyl groups is 2. The van der Waals surface area contributed by atoms with Gasteiger partial charge in [0.05, 0.1) is 4.47 Å². The lowest BCUT2D eigenvalue weighted by atomic mass is 10.0. The van der Waals surface area contributed by atoms with E-state index in [1.807, 2.05) is 26.8 Å². The van der Waals surface area contributed by atoms with Crippen LogP contribution in [-0.2, 0) is 0 Å². The van der Waals surface area contributed by atoms with E-state index in [-0.39, 0.29) is 11.5 Å². The lowest BCUT2D eigenvalue weighted by Crippen LogP contribution is -1.94. The van der Waals surface area contributed by atoms with E-state index in [9.17, 15) is 10.2 Å². The van der Waals surface area contributed by atoms with Crippen LogP contribution in [0.15, 0.2) is 27.7 Å². The van der Waals surface area contributed by atoms with Crippen molar-refractivity contribution in [2.75, 3.05) is 0 Å². The Hall–Kier alpha value is -1.52. The van der Waals surface area contributed by atoms with Crippen molar-refractivity contribution in [2.45, 2.75) is 20.8 Å². The van der Waals surface area contributed by atoms with Gasteiger partial charge in [-0.25, -0.2) is 0 Å². The summed E-state index contributed by atoms with van der Waals surface area (Å²) in [5.74, 6) is 0.186. The summed E-state index contributed by atoms with van der Waals surface area (Å²) in [6.07, 6.45) is 1.51. The van der Waals surface area contributed by atoms with Gasteiger partial charge in [0, 0.05) is 16.8 Å². The molecule has 2 rings (SSSR count). The van der Waals surface area contributed by atoms with Crippen LogP contribution in [0.5, 0.6) is 11.5 Å². The molecule has 0 spiro atoms. The molecule has 0 unspecified atom stereocenters. The summed E-state index contributed by atoms with van der Waals surface area (Å²) in [5, 5.41) is 20.6. The molecule has 21 heavy (non-hydrogen) atoms. The van der Waals surface area contributed by atoms with Crippen molar-refractivity contribution in [3.8, 4) is 11.5 Å². The Morgan fingerprint density at radius 1 is 1.14 bits per heavy atom. The standard InChI is InChI=1S/C16H15BrClNO2/c1-8-4-5-12(13(20)6-8)19-7-11-9(2)15(18)10(3)14(17)16(11)21/h4-7,20-21H,1-3H3. The monoisotopic (exact) mass is 367 g/mol. The Kier molecular flexibility index (Phi) is 4.59. The van der Waals surface area contributed by atoms with Gasteiger partial charge in [0.1, 0.15) is 17.2 Å². The van der Waals surface area contributed by atoms with Crippen LogP contribution in [0.2, 0.25) is 5.02 Å². The summed E-state index contributed by atoms with van der Waals surface area (Å²) in [5.41, 5.74) is 3.43. The first-order valence-corrected chi connectivity index (χ1v) is 7.50. The van der Waals surface area contributed by atoms with Crippen LogP contribution >= 0.6 is 27.5 Å². The molecule has 0 saturated carbocycles. The first-order valence-electron chi connectivity index (χ1n) is 6.33. The molecule has 0 heterocycles. The van der Waals surface area contributed by atoms with E-state index in [0.717, 1.165) is 16.7 Å². The molecule has 5 heteroatoms. The molecule has 2 aromatic rings. The van der Waals surface area contributed by atoms with E-state index in [4.69, 9.17) is 11.6 Å². The molecule has 0 atom stereocenters. The van der Waals surface area contributed by atoms with Gasteiger partial charge in [-0.3, -0.25) is 4.99 Å². The second-order valence-corrected chi connectivity index (χ2v) is 6.06. The highest BCUT2D eigenvalue weighted by molar-refractivity contribution is 9.10. The van der Waals surface area contributed by atoms with Gasteiger partial charge >= 0.3 is 0 Å². The third-order valence-electron chi connectivity index (χ3n) is 3.32. The van der Waals surface area contributed by atoms with Gasteiger partial charge in [-0.2, -0.15) is 0 Å². The fourth-order valence-electron chi connectivity index (χ4n) is 2.00. The molecule has 0 amide bonds. The second kappa shape index (κ2) is 6.08. The van der Waals surface area contributed by atoms with Crippen LogP contribution < -0.4 is 0 Å². The van der Waals surface area contributed by atoms with Gasteiger partial charge in [-0.05, 0) is 65.5 Å². The van der Waals surface area contributed by atoms with Crippen LogP contribution in [-0.4, -0.2) is 16.4 Å². The third-order valence-corrected chi connectivity index (χ3v) is 4.86. The zero-order chi connectivity index (χ0) is 15.7. The van der Waals surface area contributed by atoms with Crippen LogP contribution in [0.1, 0.15) is 22.3 Å². The molecule has 0 aliphatic heterocycles. The number of aliphatic imine (C=N–C) groups is 1. The number of nitrogens with zero attached hydrogens (tertiary/aromatic N) is 1. The van der Waals surface area contributed by atoms with Gasteiger partial charge in [0.15, 0.2) is 0 Å². The van der Waals surface area contributed by atoms with Crippen molar-refractivity contribution in [1.82, 2.24) is 0 Å². The van der Waals surface area contributed by atoms with Crippen molar-refractivity contribution in [2.24, 2.45) is 4.99 Å². The zero-order valence-corrected chi connectivity index (χ0v) is 14.2. The summed E-state index contributed by atoms with van der Waals surface area (Å²) in [6.45, 7) is 5.53. The summed E-state index contributed by atoms with van der Waals surface area (Å²) < 4.78 is 0.549. The molecular weight excluding hydrogens is 354 g/mol. The van der Waals surface area contributed by atoms with Gasteiger partial charge in [0.25, 0.3) is 0 Å². The van der Waals surface area contributed by atoms with E-state index in [1.54, 1.807) is 12.1 Å². The smallest absolute Gasteiger partial charge is 0.141 e. The van der Waals surface area contributed by atoms with Crippen molar-refractivity contribution in [3.05, 3.63) is 49.9 Å². The summed E-state index contributed by atoms with van der Waals surface area (Å²) >= 11 is 9.56. The van der Waals surface area contributed by atoms with Gasteiger partial charge < -0.3 is 10.2 Å². The third kappa shape index (κ3) is 3.06. The van der Waals surface area contributed by atoms with E-state index in [0.29, 0.717) is 20.7 Å². The molecule has 2 aromatic carbocycles. The Bertz CT molecular complexity index is 713. The van der Waals surface area contributed by atoms with Crippen molar-refractivity contribution >= 4 is 39.4 Å². The number of hydrogen-bond donors (Lipinski definition) is 2. The van der Waals surface area contributed by atoms with Crippen LogP contribution in [0.3, 0.4) is 0 Å². The molecule has 0 aliphatic carbocycles. The fraction of sp³-hybridized carbons (Fsp3) is 0.188. The number of phenols is 2. The first kappa shape index (κ1) is 15.9. The minimum Gasteiger partial charge on any atom is -0.506 e. The number of benzene rings is 2. The van der Waals surface area contributed by atoms with Crippen molar-refractivity contribution in [3.63, 3.8) is 0 Å². The maximum absolute atomic E-state index is 10.2. The van der Waals surface area contributed by atoms with E-state index < -0.39 is 0 Å². The average molecular weight is 369 g/mol. The fourth-order valence-corrected chi connectivity index (χ4v) is 2.73. The van der Waals surface area contributed by atoms with Crippen molar-refractivity contribution < 1.29 is 10.2 Å². The largest absolute Gasteiger partial charge is 0.506 e. The van der Waals surface area contributed by atoms with E-state index in [1.165, 1.54) is 6.21 Å². The predicted molar refractivity (Wildman–Crippen MR) is 90.4 cm³/mol. The molecular formula is C16H15BrClNO2. The Morgan fingerprint density at radius 3 is 2.43 bits per heavy atom. The van der Waals surface area contributed by atoms with Gasteiger partial charge in [-0.15, -0.1) is 0 Å². The molecule has 0 aromatic heterocycles. The number of aryl methyl sites for hydroxylation is 1. The summed E-state index contributed by atoms with van der Waals surface area (Å²) in [6, 6.07) is 5.22. The molecule has 0 fully saturated rings. The lowest BCUT2D eigenvalue weighted by molar-refractivity contribution is 0.469. The number of rotatable bonds is 2. The predicted octanol–water partition coefficient (Wildman–Crippen LogP) is 5.19. The highest BCUT2D eigenvalue weighted by Crippen LogP contribution is 2.38. The molecule has 0 bridgehead atoms. The quantitative estimate of drug-likeness (QED) is 0.717. The molecule has 0 aliphatic rings. The minimum atomic E-state index is 0.0877. The molecule has 0 saturated heterocycles. The zero-order valence-electron chi connectivity index (χ0n) is 11.9. The summed E-state index contributed by atoms with van der Waals surface area (Å²) in [4.78, 5) is 4.24. The molecule has 3 nitrogen and oxygen atoms in total. The maximum Gasteiger partial charge on any atom is 0.141 e. The number of halogens is 2. The SMILES string of the molecule is Cc1ccc(N=Cc2c(C)c(Cl)c(C)c(Br)c2O)c(O)c1. The van der Waals surface area contributed by atoms with Crippen LogP contribution in [0.4, 0.5) is 5.69 Å². The van der Waals surface area contributed by atoms with Gasteiger partial charge in [-0.1, -0.05) is 17.7 Å². The first-order chi connectivity index (χ1) is 9.82. The lowest BCUT2D eigenvalue weighted by Gasteiger charge is -2.12. The molecule has 2 N–H and O–H groups in total. The summed E-state index contributed by atoms with van der Waals surface area (Å²) in [7, 11) is 0. The normalized spacial score (nSPS) is 11.3. The maximum atomic E-state index is 10.2. The number of hydrogen-bond acceptors (Lipinski definition) is 3. The van der Waals surface area contributed by atoms with E-state index in [2.05, 4.69) is 20.9 Å².